The maximum absolute atomic E-state index is 9.34. The van der Waals surface area contributed by atoms with Gasteiger partial charge in [0.2, 0.25) is 0 Å². The van der Waals surface area contributed by atoms with Crippen molar-refractivity contribution < 1.29 is 0 Å². The average molecular weight is 234 g/mol. The van der Waals surface area contributed by atoms with Crippen LogP contribution >= 0.6 is 11.3 Å². The van der Waals surface area contributed by atoms with Crippen LogP contribution in [0.25, 0.3) is 0 Å². The molecule has 1 aromatic heterocycles. The Morgan fingerprint density at radius 2 is 2.44 bits per heavy atom. The van der Waals surface area contributed by atoms with Crippen LogP contribution in [0.4, 0.5) is 0 Å². The number of nitrogens with zero attached hydrogens (tertiary/aromatic N) is 2. The Kier molecular flexibility index (Phi) is 3.32. The van der Waals surface area contributed by atoms with E-state index in [4.69, 9.17) is 0 Å². The quantitative estimate of drug-likeness (QED) is 0.785. The first-order valence-electron chi connectivity index (χ1n) is 5.78. The van der Waals surface area contributed by atoms with Crippen molar-refractivity contribution in [2.45, 2.75) is 39.3 Å². The number of nitriles is 1. The molecule has 1 unspecified atom stereocenters. The van der Waals surface area contributed by atoms with Crippen LogP contribution in [-0.2, 0) is 6.54 Å². The van der Waals surface area contributed by atoms with Gasteiger partial charge in [0.05, 0.1) is 6.07 Å². The summed E-state index contributed by atoms with van der Waals surface area (Å²) in [5.74, 6) is 0. The fourth-order valence-corrected chi connectivity index (χ4v) is 3.20. The van der Waals surface area contributed by atoms with Gasteiger partial charge in [-0.2, -0.15) is 16.6 Å². The number of rotatable bonds is 2. The van der Waals surface area contributed by atoms with Crippen molar-refractivity contribution in [2.24, 2.45) is 5.41 Å². The standard InChI is InChI=1S/C13H18N2S/c1-13(2)5-3-6-15(12(13)8-14)9-11-4-7-16-10-11/h4,7,10,12H,3,5-6,9H2,1-2H3. The number of hydrogen-bond acceptors (Lipinski definition) is 3. The Morgan fingerprint density at radius 1 is 1.62 bits per heavy atom. The summed E-state index contributed by atoms with van der Waals surface area (Å²) in [5, 5.41) is 13.6. The van der Waals surface area contributed by atoms with Crippen LogP contribution in [0.15, 0.2) is 16.8 Å². The second-order valence-electron chi connectivity index (χ2n) is 5.23. The average Bonchev–Trinajstić information content (AvgIpc) is 2.69. The molecule has 2 rings (SSSR count). The molecule has 1 saturated heterocycles. The van der Waals surface area contributed by atoms with Gasteiger partial charge in [-0.1, -0.05) is 13.8 Å². The number of likely N-dealkylation sites (tertiary alicyclic amines) is 1. The molecule has 1 atom stereocenters. The van der Waals surface area contributed by atoms with E-state index in [1.807, 2.05) is 0 Å². The molecule has 1 aliphatic heterocycles. The Labute approximate surface area is 102 Å². The molecule has 2 nitrogen and oxygen atoms in total. The van der Waals surface area contributed by atoms with Gasteiger partial charge in [0.1, 0.15) is 6.04 Å². The van der Waals surface area contributed by atoms with Crippen LogP contribution in [-0.4, -0.2) is 17.5 Å². The summed E-state index contributed by atoms with van der Waals surface area (Å²) in [5.41, 5.74) is 1.46. The van der Waals surface area contributed by atoms with Gasteiger partial charge in [0.15, 0.2) is 0 Å². The highest BCUT2D eigenvalue weighted by Gasteiger charge is 2.37. The highest BCUT2D eigenvalue weighted by molar-refractivity contribution is 7.07. The second-order valence-corrected chi connectivity index (χ2v) is 6.01. The Hall–Kier alpha value is -0.850. The van der Waals surface area contributed by atoms with Crippen molar-refractivity contribution in [3.63, 3.8) is 0 Å². The summed E-state index contributed by atoms with van der Waals surface area (Å²) in [6.45, 7) is 6.39. The molecule has 0 aliphatic carbocycles. The lowest BCUT2D eigenvalue weighted by atomic mass is 9.77. The van der Waals surface area contributed by atoms with E-state index in [9.17, 15) is 5.26 Å². The molecular weight excluding hydrogens is 216 g/mol. The topological polar surface area (TPSA) is 27.0 Å². The summed E-state index contributed by atoms with van der Waals surface area (Å²) >= 11 is 1.73. The summed E-state index contributed by atoms with van der Waals surface area (Å²) < 4.78 is 0. The Bertz CT molecular complexity index is 375. The molecule has 1 fully saturated rings. The van der Waals surface area contributed by atoms with Crippen LogP contribution in [0, 0.1) is 16.7 Å². The number of piperidine rings is 1. The SMILES string of the molecule is CC1(C)CCCN(Cc2ccsc2)C1C#N. The molecule has 0 spiro atoms. The van der Waals surface area contributed by atoms with Gasteiger partial charge in [-0.3, -0.25) is 4.90 Å². The Balaban J connectivity index is 2.11. The van der Waals surface area contributed by atoms with E-state index in [-0.39, 0.29) is 11.5 Å². The van der Waals surface area contributed by atoms with Gasteiger partial charge in [-0.15, -0.1) is 0 Å². The minimum atomic E-state index is 0.0566. The fourth-order valence-electron chi connectivity index (χ4n) is 2.54. The van der Waals surface area contributed by atoms with Gasteiger partial charge in [0.25, 0.3) is 0 Å². The first-order valence-corrected chi connectivity index (χ1v) is 6.72. The molecule has 16 heavy (non-hydrogen) atoms. The molecule has 1 aliphatic rings. The van der Waals surface area contributed by atoms with Crippen LogP contribution in [0.5, 0.6) is 0 Å². The zero-order valence-electron chi connectivity index (χ0n) is 9.94. The van der Waals surface area contributed by atoms with Gasteiger partial charge in [-0.05, 0) is 47.2 Å². The van der Waals surface area contributed by atoms with Crippen LogP contribution < -0.4 is 0 Å². The molecule has 0 saturated carbocycles. The Morgan fingerprint density at radius 3 is 3.06 bits per heavy atom. The van der Waals surface area contributed by atoms with Gasteiger partial charge < -0.3 is 0 Å². The summed E-state index contributed by atoms with van der Waals surface area (Å²) in [7, 11) is 0. The molecular formula is C13H18N2S. The molecule has 3 heteroatoms. The second kappa shape index (κ2) is 4.57. The first kappa shape index (κ1) is 11.6. The molecule has 0 bridgehead atoms. The molecule has 0 radical (unpaired) electrons. The zero-order chi connectivity index (χ0) is 11.6. The number of thiophene rings is 1. The maximum atomic E-state index is 9.34. The fraction of sp³-hybridized carbons (Fsp3) is 0.615. The minimum absolute atomic E-state index is 0.0566. The van der Waals surface area contributed by atoms with E-state index in [2.05, 4.69) is 41.6 Å². The van der Waals surface area contributed by atoms with Crippen molar-refractivity contribution in [3.8, 4) is 6.07 Å². The summed E-state index contributed by atoms with van der Waals surface area (Å²) in [6.07, 6.45) is 2.36. The lowest BCUT2D eigenvalue weighted by Crippen LogP contribution is -2.48. The summed E-state index contributed by atoms with van der Waals surface area (Å²) in [6, 6.07) is 4.70. The third-order valence-electron chi connectivity index (χ3n) is 3.46. The molecule has 1 aromatic rings. The third-order valence-corrected chi connectivity index (χ3v) is 4.19. The normalized spacial score (nSPS) is 25.2. The van der Waals surface area contributed by atoms with Crippen LogP contribution in [0.1, 0.15) is 32.3 Å². The minimum Gasteiger partial charge on any atom is -0.283 e. The van der Waals surface area contributed by atoms with E-state index in [0.717, 1.165) is 19.5 Å². The van der Waals surface area contributed by atoms with Gasteiger partial charge in [-0.25, -0.2) is 0 Å². The third kappa shape index (κ3) is 2.28. The van der Waals surface area contributed by atoms with Gasteiger partial charge >= 0.3 is 0 Å². The van der Waals surface area contributed by atoms with Gasteiger partial charge in [0, 0.05) is 6.54 Å². The predicted molar refractivity (Wildman–Crippen MR) is 67.1 cm³/mol. The van der Waals surface area contributed by atoms with Crippen LogP contribution in [0.2, 0.25) is 0 Å². The highest BCUT2D eigenvalue weighted by Crippen LogP contribution is 2.35. The van der Waals surface area contributed by atoms with E-state index in [1.165, 1.54) is 12.0 Å². The predicted octanol–water partition coefficient (Wildman–Crippen LogP) is 3.26. The van der Waals surface area contributed by atoms with Crippen molar-refractivity contribution in [2.75, 3.05) is 6.54 Å². The zero-order valence-corrected chi connectivity index (χ0v) is 10.8. The molecule has 0 aromatic carbocycles. The van der Waals surface area contributed by atoms with Crippen molar-refractivity contribution >= 4 is 11.3 Å². The lowest BCUT2D eigenvalue weighted by molar-refractivity contribution is 0.0663. The highest BCUT2D eigenvalue weighted by atomic mass is 32.1. The lowest BCUT2D eigenvalue weighted by Gasteiger charge is -2.42. The van der Waals surface area contributed by atoms with E-state index < -0.39 is 0 Å². The van der Waals surface area contributed by atoms with E-state index >= 15 is 0 Å². The van der Waals surface area contributed by atoms with Crippen LogP contribution in [0.3, 0.4) is 0 Å². The van der Waals surface area contributed by atoms with Crippen molar-refractivity contribution in [1.29, 1.82) is 5.26 Å². The number of hydrogen-bond donors (Lipinski definition) is 0. The van der Waals surface area contributed by atoms with E-state index in [1.54, 1.807) is 11.3 Å². The largest absolute Gasteiger partial charge is 0.283 e. The van der Waals surface area contributed by atoms with E-state index in [0.29, 0.717) is 0 Å². The first-order chi connectivity index (χ1) is 7.63. The molecule has 0 amide bonds. The maximum Gasteiger partial charge on any atom is 0.103 e. The van der Waals surface area contributed by atoms with Crippen molar-refractivity contribution in [1.82, 2.24) is 4.90 Å². The summed E-state index contributed by atoms with van der Waals surface area (Å²) in [4.78, 5) is 2.32. The monoisotopic (exact) mass is 234 g/mol. The molecule has 86 valence electrons. The molecule has 2 heterocycles. The molecule has 0 N–H and O–H groups in total. The van der Waals surface area contributed by atoms with Crippen molar-refractivity contribution in [3.05, 3.63) is 22.4 Å². The smallest absolute Gasteiger partial charge is 0.103 e.